The van der Waals surface area contributed by atoms with Crippen molar-refractivity contribution in [3.63, 3.8) is 0 Å². The minimum absolute atomic E-state index is 0.699. The maximum Gasteiger partial charge on any atom is 0.147 e. The van der Waals surface area contributed by atoms with Crippen LogP contribution < -0.4 is 0 Å². The first-order chi connectivity index (χ1) is 3.18. The van der Waals surface area contributed by atoms with Crippen LogP contribution in [0.1, 0.15) is 0 Å². The molecule has 0 aliphatic rings. The summed E-state index contributed by atoms with van der Waals surface area (Å²) in [5, 5.41) is 0. The van der Waals surface area contributed by atoms with Crippen LogP contribution in [0.3, 0.4) is 0 Å². The Morgan fingerprint density at radius 3 is 2.00 bits per heavy atom. The lowest BCUT2D eigenvalue weighted by Gasteiger charge is -2.15. The molecule has 0 saturated heterocycles. The van der Waals surface area contributed by atoms with Crippen LogP contribution in [0.4, 0.5) is 0 Å². The second-order valence-electron chi connectivity index (χ2n) is 2.17. The highest BCUT2D eigenvalue weighted by Gasteiger charge is 2.01. The molecule has 1 nitrogen and oxygen atoms in total. The van der Waals surface area contributed by atoms with Gasteiger partial charge in [0.15, 0.2) is 0 Å². The van der Waals surface area contributed by atoms with Crippen LogP contribution in [0.5, 0.6) is 0 Å². The summed E-state index contributed by atoms with van der Waals surface area (Å²) >= 11 is 0. The second-order valence-corrected chi connectivity index (χ2v) is 2.17. The topological polar surface area (TPSA) is 3.24 Å². The first kappa shape index (κ1) is 7.28. The van der Waals surface area contributed by atoms with Crippen molar-refractivity contribution < 1.29 is 0 Å². The molecule has 34 valence electrons. The summed E-state index contributed by atoms with van der Waals surface area (Å²) in [6.45, 7) is 0.699. The van der Waals surface area contributed by atoms with Gasteiger partial charge >= 0.3 is 0 Å². The van der Waals surface area contributed by atoms with E-state index in [2.05, 4.69) is 35.0 Å². The molecule has 0 aliphatic heterocycles. The van der Waals surface area contributed by atoms with E-state index in [4.69, 9.17) is 0 Å². The summed E-state index contributed by atoms with van der Waals surface area (Å²) < 4.78 is 2.29. The number of hydrogen-bond donors (Lipinski definition) is 0. The molecule has 7 heavy (non-hydrogen) atoms. The van der Waals surface area contributed by atoms with Crippen LogP contribution in [-0.4, -0.2) is 48.9 Å². The standard InChI is InChI=1S/CH10B5N/c1-7(5-2)6(3)4/h5H,2-4H2,1H3. The first-order valence-electron chi connectivity index (χ1n) is 2.88. The van der Waals surface area contributed by atoms with E-state index in [1.54, 1.807) is 0 Å². The highest BCUT2D eigenvalue weighted by Crippen LogP contribution is 1.71. The Balaban J connectivity index is 3.14. The zero-order valence-electron chi connectivity index (χ0n) is 5.73. The quantitative estimate of drug-likeness (QED) is 0.313. The fourth-order valence-electron chi connectivity index (χ4n) is 0.365. The van der Waals surface area contributed by atoms with Crippen molar-refractivity contribution in [2.24, 2.45) is 0 Å². The largest absolute Gasteiger partial charge is 0.408 e. The smallest absolute Gasteiger partial charge is 0.147 e. The van der Waals surface area contributed by atoms with E-state index < -0.39 is 0 Å². The van der Waals surface area contributed by atoms with E-state index in [0.29, 0.717) is 6.63 Å². The number of rotatable bonds is 2. The molecule has 0 radical (unpaired) electrons. The van der Waals surface area contributed by atoms with E-state index in [0.717, 1.165) is 7.31 Å². The van der Waals surface area contributed by atoms with Gasteiger partial charge in [-0.1, -0.05) is 0 Å². The lowest BCUT2D eigenvalue weighted by Crippen LogP contribution is -2.40. The van der Waals surface area contributed by atoms with Crippen LogP contribution in [-0.2, 0) is 0 Å². The molecule has 0 atom stereocenters. The van der Waals surface area contributed by atoms with E-state index in [1.807, 2.05) is 0 Å². The zero-order valence-corrected chi connectivity index (χ0v) is 5.73. The van der Waals surface area contributed by atoms with Crippen LogP contribution in [0.25, 0.3) is 0 Å². The highest BCUT2D eigenvalue weighted by molar-refractivity contribution is 7.30. The lowest BCUT2D eigenvalue weighted by molar-refractivity contribution is 0.871. The minimum Gasteiger partial charge on any atom is -0.408 e. The summed E-state index contributed by atoms with van der Waals surface area (Å²) in [7, 11) is 9.84. The molecule has 0 aromatic carbocycles. The van der Waals surface area contributed by atoms with Gasteiger partial charge in [0.2, 0.25) is 0 Å². The lowest BCUT2D eigenvalue weighted by atomic mass is 9.24. The van der Waals surface area contributed by atoms with Crippen molar-refractivity contribution in [2.45, 2.75) is 0 Å². The zero-order chi connectivity index (χ0) is 5.86. The minimum atomic E-state index is 0.699. The van der Waals surface area contributed by atoms with Gasteiger partial charge in [-0.2, -0.15) is 0 Å². The van der Waals surface area contributed by atoms with Crippen molar-refractivity contribution in [1.82, 2.24) is 4.72 Å². The average molecular weight is 90.2 g/mol. The first-order valence-corrected chi connectivity index (χ1v) is 2.88. The van der Waals surface area contributed by atoms with Gasteiger partial charge in [0.1, 0.15) is 13.9 Å². The van der Waals surface area contributed by atoms with Crippen molar-refractivity contribution in [1.29, 1.82) is 0 Å². The van der Waals surface area contributed by atoms with Crippen molar-refractivity contribution in [3.8, 4) is 0 Å². The maximum atomic E-state index is 2.29. The third kappa shape index (κ3) is 2.92. The van der Waals surface area contributed by atoms with Gasteiger partial charge in [0, 0.05) is 0 Å². The molecular formula is CH10B5N. The highest BCUT2D eigenvalue weighted by atomic mass is 14.9. The van der Waals surface area contributed by atoms with Gasteiger partial charge in [-0.3, -0.25) is 0 Å². The van der Waals surface area contributed by atoms with Gasteiger partial charge < -0.3 is 4.72 Å². The molecule has 0 fully saturated rings. The Morgan fingerprint density at radius 2 is 2.00 bits per heavy atom. The molecule has 0 heterocycles. The van der Waals surface area contributed by atoms with E-state index in [-0.39, 0.29) is 0 Å². The third-order valence-electron chi connectivity index (χ3n) is 1.38. The van der Waals surface area contributed by atoms with Crippen molar-refractivity contribution in [2.75, 3.05) is 7.05 Å². The molecule has 0 rings (SSSR count). The SMILES string of the molecule is BBN(C)B(B)B. The molecule has 0 spiro atoms. The van der Waals surface area contributed by atoms with Crippen LogP contribution in [0.2, 0.25) is 0 Å². The summed E-state index contributed by atoms with van der Waals surface area (Å²) in [6, 6.07) is 0. The summed E-state index contributed by atoms with van der Waals surface area (Å²) in [5.74, 6) is 0. The van der Waals surface area contributed by atoms with E-state index in [1.165, 1.54) is 0 Å². The van der Waals surface area contributed by atoms with Gasteiger partial charge in [-0.15, -0.1) is 0 Å². The molecule has 0 unspecified atom stereocenters. The van der Waals surface area contributed by atoms with Gasteiger partial charge in [-0.25, -0.2) is 0 Å². The Morgan fingerprint density at radius 1 is 1.57 bits per heavy atom. The molecular weight excluding hydrogens is 80.1 g/mol. The molecule has 0 bridgehead atoms. The number of nitrogens with zero attached hydrogens (tertiary/aromatic N) is 1. The average Bonchev–Trinajstić information content (AvgIpc) is 1.65. The third-order valence-corrected chi connectivity index (χ3v) is 1.38. The van der Waals surface area contributed by atoms with Crippen molar-refractivity contribution in [3.05, 3.63) is 0 Å². The molecule has 0 aliphatic carbocycles. The van der Waals surface area contributed by atoms with E-state index >= 15 is 0 Å². The second kappa shape index (κ2) is 3.31. The van der Waals surface area contributed by atoms with E-state index in [9.17, 15) is 0 Å². The molecule has 0 N–H and O–H groups in total. The van der Waals surface area contributed by atoms with Crippen LogP contribution in [0.15, 0.2) is 0 Å². The normalized spacial score (nSPS) is 8.86. The molecule has 0 saturated carbocycles. The molecule has 6 heteroatoms. The van der Waals surface area contributed by atoms with Crippen molar-refractivity contribution >= 4 is 37.1 Å². The summed E-state index contributed by atoms with van der Waals surface area (Å²) in [4.78, 5) is 0. The summed E-state index contributed by atoms with van der Waals surface area (Å²) in [6.07, 6.45) is 0. The van der Waals surface area contributed by atoms with Crippen LogP contribution in [0, 0.1) is 0 Å². The van der Waals surface area contributed by atoms with Gasteiger partial charge in [-0.05, 0) is 7.05 Å². The predicted molar refractivity (Wildman–Crippen MR) is 46.3 cm³/mol. The fourth-order valence-corrected chi connectivity index (χ4v) is 0.365. The Hall–Kier alpha value is 0.285. The predicted octanol–water partition coefficient (Wildman–Crippen LogP) is -3.93. The fraction of sp³-hybridized carbons (Fsp3) is 1.00. The Kier molecular flexibility index (Phi) is 3.44. The molecule has 0 aromatic heterocycles. The monoisotopic (exact) mass is 91.1 g/mol. The van der Waals surface area contributed by atoms with Gasteiger partial charge in [0.25, 0.3) is 0 Å². The Bertz CT molecular complexity index is 45.3. The summed E-state index contributed by atoms with van der Waals surface area (Å²) in [5.41, 5.74) is 0. The van der Waals surface area contributed by atoms with Gasteiger partial charge in [0.05, 0.1) is 23.2 Å². The van der Waals surface area contributed by atoms with Crippen LogP contribution >= 0.6 is 0 Å². The molecule has 0 aromatic rings. The molecule has 0 amide bonds. The maximum absolute atomic E-state index is 2.29. The number of hydrogen-bond acceptors (Lipinski definition) is 1. The Labute approximate surface area is 49.8 Å².